The minimum atomic E-state index is -2.33. The Morgan fingerprint density at radius 3 is 1.26 bits per heavy atom. The summed E-state index contributed by atoms with van der Waals surface area (Å²) in [4.78, 5) is 0. The van der Waals surface area contributed by atoms with E-state index in [2.05, 4.69) is 68.0 Å². The van der Waals surface area contributed by atoms with E-state index in [1.807, 2.05) is 0 Å². The molecule has 0 aromatic heterocycles. The molecule has 0 amide bonds. The topological polar surface area (TPSA) is 15.3 Å². The summed E-state index contributed by atoms with van der Waals surface area (Å²) in [6.45, 7) is 22.3. The molecule has 0 aliphatic carbocycles. The summed E-state index contributed by atoms with van der Waals surface area (Å²) < 4.78 is 7.79. The molecule has 1 N–H and O–H groups in total. The van der Waals surface area contributed by atoms with Crippen LogP contribution in [0, 0.1) is 0 Å². The molecule has 0 bridgehead atoms. The summed E-state index contributed by atoms with van der Waals surface area (Å²) >= 11 is -2.33. The van der Waals surface area contributed by atoms with Crippen LogP contribution in [-0.4, -0.2) is 38.0 Å². The molecule has 2 nitrogen and oxygen atoms in total. The van der Waals surface area contributed by atoms with E-state index < -0.39 is 35.1 Å². The van der Waals surface area contributed by atoms with Gasteiger partial charge in [0.25, 0.3) is 0 Å². The van der Waals surface area contributed by atoms with Gasteiger partial charge in [0.05, 0.1) is 0 Å². The maximum atomic E-state index is 4.19. The van der Waals surface area contributed by atoms with Crippen molar-refractivity contribution in [3.8, 4) is 0 Å². The molecule has 0 atom stereocenters. The van der Waals surface area contributed by atoms with Gasteiger partial charge in [-0.15, -0.1) is 0 Å². The second-order valence-electron chi connectivity index (χ2n) is 9.40. The van der Waals surface area contributed by atoms with E-state index in [1.165, 1.54) is 38.5 Å². The van der Waals surface area contributed by atoms with Gasteiger partial charge >= 0.3 is 155 Å². The molecule has 0 radical (unpaired) electrons. The van der Waals surface area contributed by atoms with Crippen LogP contribution in [-0.2, 0) is 0 Å². The van der Waals surface area contributed by atoms with Crippen LogP contribution in [0.5, 0.6) is 0 Å². The van der Waals surface area contributed by atoms with Gasteiger partial charge in [0, 0.05) is 0 Å². The number of nitrogens with one attached hydrogen (secondary N) is 1. The zero-order valence-corrected chi connectivity index (χ0v) is 22.7. The quantitative estimate of drug-likeness (QED) is 0.238. The normalized spacial score (nSPS) is 13.8. The number of unbranched alkanes of at least 4 members (excludes halogenated alkanes) is 3. The molecule has 0 aromatic rings. The van der Waals surface area contributed by atoms with Gasteiger partial charge in [0.15, 0.2) is 0 Å². The van der Waals surface area contributed by atoms with Crippen molar-refractivity contribution in [2.24, 2.45) is 0 Å². The summed E-state index contributed by atoms with van der Waals surface area (Å²) in [6, 6.07) is 0. The van der Waals surface area contributed by atoms with Gasteiger partial charge < -0.3 is 0 Å². The van der Waals surface area contributed by atoms with Crippen molar-refractivity contribution in [1.82, 2.24) is 7.99 Å². The van der Waals surface area contributed by atoms with Gasteiger partial charge in [-0.3, -0.25) is 0 Å². The van der Waals surface area contributed by atoms with Gasteiger partial charge in [0.2, 0.25) is 0 Å². The van der Waals surface area contributed by atoms with Gasteiger partial charge in [-0.05, 0) is 0 Å². The monoisotopic (exact) mass is 466 g/mol. The average molecular weight is 465 g/mol. The van der Waals surface area contributed by atoms with Crippen molar-refractivity contribution in [2.75, 3.05) is 0 Å². The standard InChI is InChI=1S/C6H19N2Si2.3C4H9.Sn/c1-9(2,3)7-8-10(4,5)6;3*1-3-4-2;/h7H,1-6H3;3*1,3-4H2,2H3;/q-1;;;;+1. The van der Waals surface area contributed by atoms with E-state index in [-0.39, 0.29) is 0 Å². The predicted octanol–water partition coefficient (Wildman–Crippen LogP) is 6.81. The van der Waals surface area contributed by atoms with Crippen LogP contribution in [0.3, 0.4) is 0 Å². The van der Waals surface area contributed by atoms with Crippen molar-refractivity contribution in [1.29, 1.82) is 0 Å². The van der Waals surface area contributed by atoms with Gasteiger partial charge in [0.1, 0.15) is 0 Å². The Morgan fingerprint density at radius 1 is 0.696 bits per heavy atom. The summed E-state index contributed by atoms with van der Waals surface area (Å²) in [5.74, 6) is 0. The number of hydrogen-bond acceptors (Lipinski definition) is 2. The molecule has 0 saturated heterocycles. The van der Waals surface area contributed by atoms with E-state index in [4.69, 9.17) is 0 Å². The van der Waals surface area contributed by atoms with Crippen molar-refractivity contribution in [3.05, 3.63) is 0 Å². The van der Waals surface area contributed by atoms with Crippen molar-refractivity contribution < 1.29 is 0 Å². The van der Waals surface area contributed by atoms with Crippen LogP contribution in [0.1, 0.15) is 59.3 Å². The Hall–Kier alpha value is 1.15. The third kappa shape index (κ3) is 9.43. The Labute approximate surface area is 154 Å². The number of nitrogens with zero attached hydrogens (tertiary/aromatic N) is 1. The fraction of sp³-hybridized carbons (Fsp3) is 1.00. The average Bonchev–Trinajstić information content (AvgIpc) is 2.43. The molecule has 140 valence electrons. The fourth-order valence-corrected chi connectivity index (χ4v) is 40.3. The molecule has 0 aliphatic heterocycles. The van der Waals surface area contributed by atoms with Crippen molar-refractivity contribution in [2.45, 2.75) is 112 Å². The second-order valence-corrected chi connectivity index (χ2v) is 32.7. The first kappa shape index (κ1) is 24.2. The fourth-order valence-electron chi connectivity index (χ4n) is 3.56. The van der Waals surface area contributed by atoms with Crippen molar-refractivity contribution >= 4 is 35.1 Å². The molecular weight excluding hydrogens is 419 g/mol. The zero-order chi connectivity index (χ0) is 18.1. The summed E-state index contributed by atoms with van der Waals surface area (Å²) in [7, 11) is -2.63. The molecular formula is C18H46N2Si2Sn. The van der Waals surface area contributed by atoms with Crippen LogP contribution in [0.4, 0.5) is 0 Å². The molecule has 0 saturated carbocycles. The van der Waals surface area contributed by atoms with E-state index in [0.29, 0.717) is 0 Å². The van der Waals surface area contributed by atoms with Crippen molar-refractivity contribution in [3.63, 3.8) is 0 Å². The van der Waals surface area contributed by atoms with Crippen LogP contribution in [0.25, 0.3) is 0 Å². The predicted molar refractivity (Wildman–Crippen MR) is 117 cm³/mol. The third-order valence-corrected chi connectivity index (χ3v) is 30.7. The van der Waals surface area contributed by atoms with E-state index in [0.717, 1.165) is 0 Å². The SMILES string of the molecule is CCC[CH2][Sn]([CH2]CCC)([CH2]CCC)[N](N[Si](C)(C)C)[Si](C)(C)C. The van der Waals surface area contributed by atoms with E-state index >= 15 is 0 Å². The first-order chi connectivity index (χ1) is 10.5. The number of hydrazine groups is 1. The molecule has 5 heteroatoms. The molecule has 23 heavy (non-hydrogen) atoms. The molecule has 0 spiro atoms. The molecule has 0 aliphatic rings. The number of rotatable bonds is 13. The molecule has 0 aromatic carbocycles. The first-order valence-electron chi connectivity index (χ1n) is 10.1. The van der Waals surface area contributed by atoms with Crippen LogP contribution in [0.2, 0.25) is 52.6 Å². The molecule has 0 unspecified atom stereocenters. The Balaban J connectivity index is 5.71. The summed E-state index contributed by atoms with van der Waals surface area (Å²) in [6.07, 6.45) is 8.46. The van der Waals surface area contributed by atoms with E-state index in [1.54, 1.807) is 13.3 Å². The van der Waals surface area contributed by atoms with Crippen LogP contribution >= 0.6 is 0 Å². The van der Waals surface area contributed by atoms with Crippen LogP contribution < -0.4 is 5.09 Å². The summed E-state index contributed by atoms with van der Waals surface area (Å²) in [5.41, 5.74) is 0. The molecule has 0 fully saturated rings. The Morgan fingerprint density at radius 2 is 1.04 bits per heavy atom. The van der Waals surface area contributed by atoms with E-state index in [9.17, 15) is 0 Å². The Bertz CT molecular complexity index is 289. The Kier molecular flexibility index (Phi) is 11.5. The zero-order valence-electron chi connectivity index (χ0n) is 17.8. The van der Waals surface area contributed by atoms with Gasteiger partial charge in [-0.1, -0.05) is 0 Å². The first-order valence-corrected chi connectivity index (χ1v) is 24.4. The molecule has 0 heterocycles. The minimum absolute atomic E-state index is 1.29. The second kappa shape index (κ2) is 11.0. The van der Waals surface area contributed by atoms with Gasteiger partial charge in [-0.2, -0.15) is 0 Å². The van der Waals surface area contributed by atoms with Gasteiger partial charge in [-0.25, -0.2) is 0 Å². The molecule has 0 rings (SSSR count). The number of hydrogen-bond donors (Lipinski definition) is 1. The summed E-state index contributed by atoms with van der Waals surface area (Å²) in [5, 5.41) is 4.19. The third-order valence-electron chi connectivity index (χ3n) is 4.58. The van der Waals surface area contributed by atoms with Crippen LogP contribution in [0.15, 0.2) is 0 Å². The maximum absolute atomic E-state index is 4.19.